The normalized spacial score (nSPS) is 26.7. The van der Waals surface area contributed by atoms with Crippen LogP contribution >= 0.6 is 0 Å². The van der Waals surface area contributed by atoms with Crippen LogP contribution in [0, 0.1) is 11.8 Å². The van der Waals surface area contributed by atoms with Gasteiger partial charge in [0.1, 0.15) is 5.60 Å². The average Bonchev–Trinajstić information content (AvgIpc) is 2.59. The third kappa shape index (κ3) is 5.49. The highest BCUT2D eigenvalue weighted by Gasteiger charge is 2.38. The molecule has 2 rings (SSSR count). The molecule has 0 heterocycles. The van der Waals surface area contributed by atoms with E-state index in [1.807, 2.05) is 0 Å². The number of carboxylic acid groups (broad SMARTS) is 1. The van der Waals surface area contributed by atoms with E-state index in [1.54, 1.807) is 0 Å². The zero-order chi connectivity index (χ0) is 17.4. The van der Waals surface area contributed by atoms with Crippen LogP contribution in [0.5, 0.6) is 0 Å². The average molecular weight is 338 g/mol. The Balaban J connectivity index is 1.86. The first-order valence-electron chi connectivity index (χ1n) is 10.0. The first-order chi connectivity index (χ1) is 11.6. The molecule has 0 unspecified atom stereocenters. The molecular formula is C20H34O4. The zero-order valence-corrected chi connectivity index (χ0v) is 15.2. The van der Waals surface area contributed by atoms with Crippen molar-refractivity contribution in [2.24, 2.45) is 11.8 Å². The number of carbonyl (C=O) groups excluding carboxylic acids is 1. The van der Waals surface area contributed by atoms with E-state index in [0.29, 0.717) is 25.7 Å². The summed E-state index contributed by atoms with van der Waals surface area (Å²) in [6.07, 6.45) is 14.0. The van der Waals surface area contributed by atoms with E-state index in [4.69, 9.17) is 9.84 Å². The van der Waals surface area contributed by atoms with Gasteiger partial charge >= 0.3 is 11.9 Å². The lowest BCUT2D eigenvalue weighted by molar-refractivity contribution is -0.172. The Morgan fingerprint density at radius 1 is 0.958 bits per heavy atom. The maximum Gasteiger partial charge on any atom is 0.309 e. The SMILES string of the molecule is CCCCCCC1(OC(=O)C2CCC(C(=O)O)CC2)CCCCC1. The summed E-state index contributed by atoms with van der Waals surface area (Å²) in [6, 6.07) is 0. The number of carboxylic acids is 1. The van der Waals surface area contributed by atoms with Gasteiger partial charge in [-0.15, -0.1) is 0 Å². The van der Waals surface area contributed by atoms with Gasteiger partial charge in [0.2, 0.25) is 0 Å². The molecule has 24 heavy (non-hydrogen) atoms. The van der Waals surface area contributed by atoms with Crippen molar-refractivity contribution in [3.8, 4) is 0 Å². The Hall–Kier alpha value is -1.06. The Morgan fingerprint density at radius 2 is 1.58 bits per heavy atom. The Labute approximate surface area is 146 Å². The molecule has 0 saturated heterocycles. The smallest absolute Gasteiger partial charge is 0.309 e. The largest absolute Gasteiger partial charge is 0.481 e. The van der Waals surface area contributed by atoms with Crippen molar-refractivity contribution in [2.75, 3.05) is 0 Å². The third-order valence-electron chi connectivity index (χ3n) is 5.98. The predicted molar refractivity (Wildman–Crippen MR) is 93.8 cm³/mol. The van der Waals surface area contributed by atoms with E-state index < -0.39 is 5.97 Å². The first-order valence-corrected chi connectivity index (χ1v) is 10.0. The number of hydrogen-bond acceptors (Lipinski definition) is 3. The highest BCUT2D eigenvalue weighted by atomic mass is 16.6. The van der Waals surface area contributed by atoms with E-state index in [0.717, 1.165) is 38.5 Å². The van der Waals surface area contributed by atoms with Crippen molar-refractivity contribution in [3.63, 3.8) is 0 Å². The summed E-state index contributed by atoms with van der Waals surface area (Å²) >= 11 is 0. The van der Waals surface area contributed by atoms with Gasteiger partial charge in [0.25, 0.3) is 0 Å². The minimum absolute atomic E-state index is 0.0590. The van der Waals surface area contributed by atoms with Gasteiger partial charge in [-0.1, -0.05) is 32.6 Å². The summed E-state index contributed by atoms with van der Waals surface area (Å²) in [4.78, 5) is 23.7. The fourth-order valence-corrected chi connectivity index (χ4v) is 4.35. The summed E-state index contributed by atoms with van der Waals surface area (Å²) in [5.41, 5.74) is -0.229. The van der Waals surface area contributed by atoms with Crippen LogP contribution in [-0.2, 0) is 14.3 Å². The maximum atomic E-state index is 12.7. The second-order valence-electron chi connectivity index (χ2n) is 7.86. The van der Waals surface area contributed by atoms with Crippen molar-refractivity contribution in [1.82, 2.24) is 0 Å². The summed E-state index contributed by atoms with van der Waals surface area (Å²) in [5, 5.41) is 9.09. The maximum absolute atomic E-state index is 12.7. The molecule has 0 bridgehead atoms. The Kier molecular flexibility index (Phi) is 7.57. The number of rotatable bonds is 8. The van der Waals surface area contributed by atoms with Crippen LogP contribution in [0.25, 0.3) is 0 Å². The summed E-state index contributed by atoms with van der Waals surface area (Å²) in [7, 11) is 0. The van der Waals surface area contributed by atoms with Crippen LogP contribution in [0.3, 0.4) is 0 Å². The highest BCUT2D eigenvalue weighted by molar-refractivity contribution is 5.74. The minimum atomic E-state index is -0.721. The van der Waals surface area contributed by atoms with Crippen molar-refractivity contribution in [1.29, 1.82) is 0 Å². The van der Waals surface area contributed by atoms with Gasteiger partial charge < -0.3 is 9.84 Å². The van der Waals surface area contributed by atoms with Crippen LogP contribution in [-0.4, -0.2) is 22.6 Å². The number of carbonyl (C=O) groups is 2. The second-order valence-corrected chi connectivity index (χ2v) is 7.86. The molecule has 2 aliphatic carbocycles. The molecule has 2 aliphatic rings. The summed E-state index contributed by atoms with van der Waals surface area (Å²) < 4.78 is 6.11. The van der Waals surface area contributed by atoms with Gasteiger partial charge in [-0.25, -0.2) is 0 Å². The fourth-order valence-electron chi connectivity index (χ4n) is 4.35. The van der Waals surface area contributed by atoms with Crippen LogP contribution in [0.1, 0.15) is 96.8 Å². The van der Waals surface area contributed by atoms with Crippen molar-refractivity contribution >= 4 is 11.9 Å². The third-order valence-corrected chi connectivity index (χ3v) is 5.98. The lowest BCUT2D eigenvalue weighted by atomic mass is 9.79. The molecule has 4 nitrogen and oxygen atoms in total. The highest BCUT2D eigenvalue weighted by Crippen LogP contribution is 2.38. The molecule has 2 fully saturated rings. The molecule has 2 saturated carbocycles. The van der Waals surface area contributed by atoms with Crippen molar-refractivity contribution in [2.45, 2.75) is 102 Å². The first kappa shape index (κ1) is 19.3. The van der Waals surface area contributed by atoms with Gasteiger partial charge in [0.15, 0.2) is 0 Å². The van der Waals surface area contributed by atoms with Crippen molar-refractivity contribution in [3.05, 3.63) is 0 Å². The topological polar surface area (TPSA) is 63.6 Å². The number of ether oxygens (including phenoxy) is 1. The number of unbranched alkanes of at least 4 members (excludes halogenated alkanes) is 3. The van der Waals surface area contributed by atoms with E-state index in [9.17, 15) is 9.59 Å². The quantitative estimate of drug-likeness (QED) is 0.494. The van der Waals surface area contributed by atoms with Gasteiger partial charge in [0, 0.05) is 0 Å². The number of esters is 1. The molecule has 0 aromatic rings. The fraction of sp³-hybridized carbons (Fsp3) is 0.900. The molecule has 0 atom stereocenters. The molecule has 4 heteroatoms. The van der Waals surface area contributed by atoms with Crippen molar-refractivity contribution < 1.29 is 19.4 Å². The molecule has 0 aromatic carbocycles. The lowest BCUT2D eigenvalue weighted by Gasteiger charge is -2.38. The molecule has 0 radical (unpaired) electrons. The molecule has 0 amide bonds. The van der Waals surface area contributed by atoms with Gasteiger partial charge in [0.05, 0.1) is 11.8 Å². The Morgan fingerprint density at radius 3 is 2.17 bits per heavy atom. The molecule has 138 valence electrons. The number of hydrogen-bond donors (Lipinski definition) is 1. The predicted octanol–water partition coefficient (Wildman–Crippen LogP) is 5.09. The molecule has 0 spiro atoms. The van der Waals surface area contributed by atoms with E-state index in [-0.39, 0.29) is 23.4 Å². The second kappa shape index (κ2) is 9.43. The standard InChI is InChI=1S/C20H34O4/c1-2-3-4-6-13-20(14-7-5-8-15-20)24-19(23)17-11-9-16(10-12-17)18(21)22/h16-17H,2-15H2,1H3,(H,21,22). The Bertz CT molecular complexity index is 404. The van der Waals surface area contributed by atoms with Gasteiger partial charge in [-0.3, -0.25) is 9.59 Å². The van der Waals surface area contributed by atoms with Crippen LogP contribution in [0.4, 0.5) is 0 Å². The summed E-state index contributed by atoms with van der Waals surface area (Å²) in [6.45, 7) is 2.21. The van der Waals surface area contributed by atoms with E-state index in [1.165, 1.54) is 25.7 Å². The van der Waals surface area contributed by atoms with E-state index >= 15 is 0 Å². The monoisotopic (exact) mass is 338 g/mol. The minimum Gasteiger partial charge on any atom is -0.481 e. The molecule has 0 aromatic heterocycles. The molecule has 1 N–H and O–H groups in total. The van der Waals surface area contributed by atoms with E-state index in [2.05, 4.69) is 6.92 Å². The molecular weight excluding hydrogens is 304 g/mol. The van der Waals surface area contributed by atoms with Crippen LogP contribution in [0.2, 0.25) is 0 Å². The number of aliphatic carboxylic acids is 1. The zero-order valence-electron chi connectivity index (χ0n) is 15.2. The van der Waals surface area contributed by atoms with Gasteiger partial charge in [-0.2, -0.15) is 0 Å². The van der Waals surface area contributed by atoms with Crippen LogP contribution in [0.15, 0.2) is 0 Å². The summed E-state index contributed by atoms with van der Waals surface area (Å²) in [5.74, 6) is -1.14. The molecule has 0 aliphatic heterocycles. The van der Waals surface area contributed by atoms with Gasteiger partial charge in [-0.05, 0) is 64.2 Å². The lowest BCUT2D eigenvalue weighted by Crippen LogP contribution is -2.40. The van der Waals surface area contributed by atoms with Crippen LogP contribution < -0.4 is 0 Å².